The number of aliphatic hydroxyl groups is 1. The highest BCUT2D eigenvalue weighted by molar-refractivity contribution is 5.22. The highest BCUT2D eigenvalue weighted by Crippen LogP contribution is 2.27. The number of nitrogens with one attached hydrogen (secondary N) is 1. The van der Waals surface area contributed by atoms with Gasteiger partial charge in [0.2, 0.25) is 0 Å². The summed E-state index contributed by atoms with van der Waals surface area (Å²) < 4.78 is 2.11. The van der Waals surface area contributed by atoms with Crippen LogP contribution in [0.25, 0.3) is 0 Å². The molecular formula is C16H29N3O. The Balaban J connectivity index is 1.90. The number of hydrogen-bond donors (Lipinski definition) is 2. The van der Waals surface area contributed by atoms with Gasteiger partial charge >= 0.3 is 0 Å². The van der Waals surface area contributed by atoms with Crippen LogP contribution in [0.3, 0.4) is 0 Å². The molecule has 1 saturated carbocycles. The minimum atomic E-state index is -0.0910. The van der Waals surface area contributed by atoms with E-state index in [2.05, 4.69) is 42.8 Å². The van der Waals surface area contributed by atoms with Gasteiger partial charge in [0, 0.05) is 23.8 Å². The van der Waals surface area contributed by atoms with E-state index in [1.807, 2.05) is 0 Å². The van der Waals surface area contributed by atoms with Crippen molar-refractivity contribution in [1.82, 2.24) is 15.1 Å². The van der Waals surface area contributed by atoms with Crippen LogP contribution in [0.5, 0.6) is 0 Å². The van der Waals surface area contributed by atoms with Crippen molar-refractivity contribution in [3.8, 4) is 0 Å². The third kappa shape index (κ3) is 3.41. The van der Waals surface area contributed by atoms with Crippen molar-refractivity contribution < 1.29 is 5.11 Å². The summed E-state index contributed by atoms with van der Waals surface area (Å²) in [7, 11) is 0. The molecule has 0 aromatic carbocycles. The summed E-state index contributed by atoms with van der Waals surface area (Å²) in [5.74, 6) is 0. The van der Waals surface area contributed by atoms with Gasteiger partial charge in [-0.25, -0.2) is 0 Å². The van der Waals surface area contributed by atoms with Gasteiger partial charge in [-0.1, -0.05) is 6.92 Å². The molecule has 1 aromatic heterocycles. The zero-order valence-electron chi connectivity index (χ0n) is 13.4. The molecule has 1 unspecified atom stereocenters. The number of aryl methyl sites for hydroxylation is 2. The fourth-order valence-corrected chi connectivity index (χ4v) is 2.82. The van der Waals surface area contributed by atoms with Crippen molar-refractivity contribution in [1.29, 1.82) is 0 Å². The monoisotopic (exact) mass is 279 g/mol. The number of hydrogen-bond acceptors (Lipinski definition) is 3. The number of aromatic nitrogens is 2. The Bertz CT molecular complexity index is 445. The first kappa shape index (κ1) is 15.5. The molecule has 0 radical (unpaired) electrons. The van der Waals surface area contributed by atoms with E-state index in [-0.39, 0.29) is 12.1 Å². The largest absolute Gasteiger partial charge is 0.394 e. The molecule has 20 heavy (non-hydrogen) atoms. The Labute approximate surface area is 122 Å². The first-order valence-corrected chi connectivity index (χ1v) is 7.90. The van der Waals surface area contributed by atoms with E-state index < -0.39 is 0 Å². The summed E-state index contributed by atoms with van der Waals surface area (Å²) in [5.41, 5.74) is 3.60. The summed E-state index contributed by atoms with van der Waals surface area (Å²) in [6.45, 7) is 9.67. The summed E-state index contributed by atoms with van der Waals surface area (Å²) in [6.07, 6.45) is 5.57. The first-order chi connectivity index (χ1) is 9.51. The lowest BCUT2D eigenvalue weighted by atomic mass is 9.91. The van der Waals surface area contributed by atoms with Crippen molar-refractivity contribution in [2.45, 2.75) is 77.9 Å². The van der Waals surface area contributed by atoms with Gasteiger partial charge in [0.25, 0.3) is 0 Å². The molecule has 1 heterocycles. The van der Waals surface area contributed by atoms with E-state index in [1.165, 1.54) is 24.1 Å². The van der Waals surface area contributed by atoms with Crippen molar-refractivity contribution in [3.05, 3.63) is 17.0 Å². The van der Waals surface area contributed by atoms with E-state index in [0.29, 0.717) is 6.04 Å². The summed E-state index contributed by atoms with van der Waals surface area (Å²) in [5, 5.41) is 18.0. The van der Waals surface area contributed by atoms with Crippen molar-refractivity contribution in [2.75, 3.05) is 6.61 Å². The predicted octanol–water partition coefficient (Wildman–Crippen LogP) is 2.48. The van der Waals surface area contributed by atoms with Gasteiger partial charge < -0.3 is 10.4 Å². The van der Waals surface area contributed by atoms with Gasteiger partial charge in [0.05, 0.1) is 12.3 Å². The predicted molar refractivity (Wildman–Crippen MR) is 81.9 cm³/mol. The second-order valence-corrected chi connectivity index (χ2v) is 6.33. The maximum absolute atomic E-state index is 9.77. The number of aliphatic hydroxyl groups excluding tert-OH is 1. The lowest BCUT2D eigenvalue weighted by Crippen LogP contribution is -2.49. The van der Waals surface area contributed by atoms with Crippen LogP contribution in [0, 0.1) is 20.8 Å². The molecule has 0 aliphatic heterocycles. The number of rotatable bonds is 8. The molecule has 1 atom stereocenters. The second-order valence-electron chi connectivity index (χ2n) is 6.33. The second kappa shape index (κ2) is 6.27. The van der Waals surface area contributed by atoms with Crippen molar-refractivity contribution in [3.63, 3.8) is 0 Å². The van der Waals surface area contributed by atoms with Gasteiger partial charge in [-0.05, 0) is 58.4 Å². The molecule has 0 amide bonds. The van der Waals surface area contributed by atoms with E-state index in [0.717, 1.165) is 31.5 Å². The Morgan fingerprint density at radius 3 is 2.50 bits per heavy atom. The van der Waals surface area contributed by atoms with Crippen molar-refractivity contribution in [2.24, 2.45) is 0 Å². The molecule has 114 valence electrons. The molecule has 0 bridgehead atoms. The molecule has 0 spiro atoms. The average molecular weight is 279 g/mol. The summed E-state index contributed by atoms with van der Waals surface area (Å²) in [6, 6.07) is 0.637. The third-order valence-electron chi connectivity index (χ3n) is 4.84. The average Bonchev–Trinajstić information content (AvgIpc) is 3.23. The molecule has 1 aromatic rings. The van der Waals surface area contributed by atoms with Gasteiger partial charge in [-0.15, -0.1) is 0 Å². The van der Waals surface area contributed by atoms with E-state index in [9.17, 15) is 5.11 Å². The Kier molecular flexibility index (Phi) is 4.86. The van der Waals surface area contributed by atoms with E-state index in [1.54, 1.807) is 0 Å². The van der Waals surface area contributed by atoms with Crippen LogP contribution in [0.2, 0.25) is 0 Å². The van der Waals surface area contributed by atoms with Crippen LogP contribution in [0.4, 0.5) is 0 Å². The Morgan fingerprint density at radius 1 is 1.35 bits per heavy atom. The van der Waals surface area contributed by atoms with Gasteiger partial charge in [-0.3, -0.25) is 4.68 Å². The molecule has 0 saturated heterocycles. The SMILES string of the molecule is CCC(CO)(CCCn1nc(C)c(C)c1C)NC1CC1. The van der Waals surface area contributed by atoms with Crippen LogP contribution in [-0.4, -0.2) is 33.1 Å². The minimum Gasteiger partial charge on any atom is -0.394 e. The fourth-order valence-electron chi connectivity index (χ4n) is 2.82. The molecule has 4 heteroatoms. The first-order valence-electron chi connectivity index (χ1n) is 7.90. The summed E-state index contributed by atoms with van der Waals surface area (Å²) in [4.78, 5) is 0. The molecule has 1 aliphatic rings. The molecule has 1 fully saturated rings. The van der Waals surface area contributed by atoms with Crippen LogP contribution in [0.15, 0.2) is 0 Å². The smallest absolute Gasteiger partial charge is 0.0625 e. The topological polar surface area (TPSA) is 50.1 Å². The highest BCUT2D eigenvalue weighted by Gasteiger charge is 2.33. The van der Waals surface area contributed by atoms with E-state index >= 15 is 0 Å². The van der Waals surface area contributed by atoms with Crippen LogP contribution >= 0.6 is 0 Å². The standard InChI is InChI=1S/C16H29N3O/c1-5-16(11-20,17-15-7-8-15)9-6-10-19-14(4)12(2)13(3)18-19/h15,17,20H,5-11H2,1-4H3. The molecule has 2 N–H and O–H groups in total. The minimum absolute atomic E-state index is 0.0910. The number of nitrogens with zero attached hydrogens (tertiary/aromatic N) is 2. The van der Waals surface area contributed by atoms with Crippen LogP contribution in [0.1, 0.15) is 56.0 Å². The normalized spacial score (nSPS) is 18.2. The highest BCUT2D eigenvalue weighted by atomic mass is 16.3. The van der Waals surface area contributed by atoms with E-state index in [4.69, 9.17) is 0 Å². The maximum atomic E-state index is 9.77. The maximum Gasteiger partial charge on any atom is 0.0625 e. The fraction of sp³-hybridized carbons (Fsp3) is 0.812. The van der Waals surface area contributed by atoms with Gasteiger partial charge in [-0.2, -0.15) is 5.10 Å². The van der Waals surface area contributed by atoms with Crippen LogP contribution in [-0.2, 0) is 6.54 Å². The lowest BCUT2D eigenvalue weighted by Gasteiger charge is -2.32. The van der Waals surface area contributed by atoms with Gasteiger partial charge in [0.1, 0.15) is 0 Å². The quantitative estimate of drug-likeness (QED) is 0.768. The zero-order chi connectivity index (χ0) is 14.8. The molecule has 2 rings (SSSR count). The lowest BCUT2D eigenvalue weighted by molar-refractivity contribution is 0.140. The molecule has 1 aliphatic carbocycles. The summed E-state index contributed by atoms with van der Waals surface area (Å²) >= 11 is 0. The van der Waals surface area contributed by atoms with Crippen molar-refractivity contribution >= 4 is 0 Å². The molecular weight excluding hydrogens is 250 g/mol. The Morgan fingerprint density at radius 2 is 2.05 bits per heavy atom. The zero-order valence-corrected chi connectivity index (χ0v) is 13.4. The molecule has 4 nitrogen and oxygen atoms in total. The Hall–Kier alpha value is -0.870. The third-order valence-corrected chi connectivity index (χ3v) is 4.84. The van der Waals surface area contributed by atoms with Crippen LogP contribution < -0.4 is 5.32 Å². The van der Waals surface area contributed by atoms with Gasteiger partial charge in [0.15, 0.2) is 0 Å².